The Balaban J connectivity index is 1.25. The third kappa shape index (κ3) is 8.66. The van der Waals surface area contributed by atoms with Gasteiger partial charge < -0.3 is 36.4 Å². The minimum atomic E-state index is -1.10. The van der Waals surface area contributed by atoms with E-state index in [-0.39, 0.29) is 31.1 Å². The molecule has 0 spiro atoms. The lowest BCUT2D eigenvalue weighted by atomic mass is 9.95. The number of carbonyl (C=O) groups is 4. The van der Waals surface area contributed by atoms with Gasteiger partial charge in [0, 0.05) is 42.3 Å². The SMILES string of the molecule is NC(=O)[C@H](Cc1ccco1)NC(=O)[C@@H](Cc1c[nH]c2ccccc12)NC(=O)[C@@H](Cc1ccc(-c2ccccc2)cc1)NC(=O)C1CCNCC1. The van der Waals surface area contributed by atoms with Crippen molar-refractivity contribution in [2.75, 3.05) is 13.1 Å². The number of nitrogens with one attached hydrogen (secondary N) is 5. The van der Waals surface area contributed by atoms with Crippen molar-refractivity contribution >= 4 is 34.5 Å². The average Bonchev–Trinajstić information content (AvgIpc) is 3.82. The molecule has 11 heteroatoms. The number of nitrogens with two attached hydrogens (primary N) is 1. The smallest absolute Gasteiger partial charge is 0.243 e. The van der Waals surface area contributed by atoms with E-state index in [0.717, 1.165) is 46.2 Å². The quantitative estimate of drug-likeness (QED) is 0.105. The minimum absolute atomic E-state index is 0.0513. The van der Waals surface area contributed by atoms with E-state index in [1.165, 1.54) is 6.26 Å². The standard InChI is InChI=1S/C39H42N6O5/c40-36(46)33(23-30-9-6-20-50-30)43-39(49)35(22-29-24-42-32-11-5-4-10-31(29)32)45-38(48)34(44-37(47)28-16-18-41-19-17-28)21-25-12-14-27(15-13-25)26-7-2-1-3-8-26/h1-15,20,24,28,33-35,41-42H,16-19,21-23H2,(H2,40,46)(H,43,49)(H,44,47)(H,45,48)/t33-,34+,35+/m0/s1. The van der Waals surface area contributed by atoms with Crippen LogP contribution in [0, 0.1) is 5.92 Å². The van der Waals surface area contributed by atoms with Gasteiger partial charge in [-0.1, -0.05) is 72.8 Å². The van der Waals surface area contributed by atoms with Crippen LogP contribution in [0.15, 0.2) is 108 Å². The molecule has 1 aliphatic rings. The molecule has 3 heterocycles. The number of rotatable bonds is 14. The van der Waals surface area contributed by atoms with E-state index in [4.69, 9.17) is 10.2 Å². The van der Waals surface area contributed by atoms with Gasteiger partial charge in [0.15, 0.2) is 0 Å². The number of furan rings is 1. The number of primary amides is 1. The fourth-order valence-corrected chi connectivity index (χ4v) is 6.41. The van der Waals surface area contributed by atoms with Crippen molar-refractivity contribution in [3.63, 3.8) is 0 Å². The molecule has 0 unspecified atom stereocenters. The summed E-state index contributed by atoms with van der Waals surface area (Å²) in [5.74, 6) is -1.79. The number of aromatic nitrogens is 1. The van der Waals surface area contributed by atoms with Crippen LogP contribution in [0.2, 0.25) is 0 Å². The van der Waals surface area contributed by atoms with Gasteiger partial charge in [0.1, 0.15) is 23.9 Å². The van der Waals surface area contributed by atoms with Gasteiger partial charge in [-0.2, -0.15) is 0 Å². The topological polar surface area (TPSA) is 171 Å². The van der Waals surface area contributed by atoms with Gasteiger partial charge in [-0.05, 0) is 66.4 Å². The molecule has 1 aliphatic heterocycles. The molecule has 11 nitrogen and oxygen atoms in total. The van der Waals surface area contributed by atoms with E-state index in [9.17, 15) is 19.2 Å². The molecule has 0 aliphatic carbocycles. The predicted molar refractivity (Wildman–Crippen MR) is 191 cm³/mol. The lowest BCUT2D eigenvalue weighted by Gasteiger charge is -2.27. The second kappa shape index (κ2) is 16.1. The van der Waals surface area contributed by atoms with Crippen LogP contribution in [-0.4, -0.2) is 59.8 Å². The molecule has 1 saturated heterocycles. The van der Waals surface area contributed by atoms with Crippen molar-refractivity contribution < 1.29 is 23.6 Å². The van der Waals surface area contributed by atoms with Crippen molar-refractivity contribution in [2.45, 2.75) is 50.2 Å². The summed E-state index contributed by atoms with van der Waals surface area (Å²) in [6.45, 7) is 1.45. The van der Waals surface area contributed by atoms with Gasteiger partial charge in [-0.3, -0.25) is 19.2 Å². The van der Waals surface area contributed by atoms with E-state index in [1.54, 1.807) is 18.3 Å². The summed E-state index contributed by atoms with van der Waals surface area (Å²) in [4.78, 5) is 57.2. The predicted octanol–water partition coefficient (Wildman–Crippen LogP) is 3.40. The zero-order valence-electron chi connectivity index (χ0n) is 27.7. The van der Waals surface area contributed by atoms with E-state index in [1.807, 2.05) is 78.9 Å². The summed E-state index contributed by atoms with van der Waals surface area (Å²) < 4.78 is 5.38. The lowest BCUT2D eigenvalue weighted by Crippen LogP contribution is -2.58. The van der Waals surface area contributed by atoms with E-state index in [2.05, 4.69) is 26.3 Å². The summed E-state index contributed by atoms with van der Waals surface area (Å²) in [5, 5.41) is 12.8. The summed E-state index contributed by atoms with van der Waals surface area (Å²) in [7, 11) is 0. The number of aromatic amines is 1. The van der Waals surface area contributed by atoms with E-state index < -0.39 is 35.8 Å². The van der Waals surface area contributed by atoms with Gasteiger partial charge in [0.2, 0.25) is 23.6 Å². The highest BCUT2D eigenvalue weighted by Gasteiger charge is 2.32. The molecule has 50 heavy (non-hydrogen) atoms. The second-order valence-electron chi connectivity index (χ2n) is 12.7. The number of benzene rings is 3. The van der Waals surface area contributed by atoms with Gasteiger partial charge >= 0.3 is 0 Å². The highest BCUT2D eigenvalue weighted by Crippen LogP contribution is 2.22. The minimum Gasteiger partial charge on any atom is -0.469 e. The van der Waals surface area contributed by atoms with Crippen LogP contribution in [0.4, 0.5) is 0 Å². The third-order valence-electron chi connectivity index (χ3n) is 9.22. The lowest BCUT2D eigenvalue weighted by molar-refractivity contribution is -0.134. The largest absolute Gasteiger partial charge is 0.469 e. The monoisotopic (exact) mass is 674 g/mol. The molecular formula is C39H42N6O5. The van der Waals surface area contributed by atoms with Gasteiger partial charge in [-0.15, -0.1) is 0 Å². The van der Waals surface area contributed by atoms with Crippen molar-refractivity contribution in [2.24, 2.45) is 11.7 Å². The molecular weight excluding hydrogens is 632 g/mol. The number of piperidine rings is 1. The first-order valence-electron chi connectivity index (χ1n) is 17.0. The summed E-state index contributed by atoms with van der Waals surface area (Å²) in [6, 6.07) is 25.7. The van der Waals surface area contributed by atoms with Crippen LogP contribution in [0.3, 0.4) is 0 Å². The fourth-order valence-electron chi connectivity index (χ4n) is 6.41. The van der Waals surface area contributed by atoms with Crippen molar-refractivity contribution in [3.8, 4) is 11.1 Å². The molecule has 0 radical (unpaired) electrons. The molecule has 6 rings (SSSR count). The highest BCUT2D eigenvalue weighted by molar-refractivity contribution is 5.95. The van der Waals surface area contributed by atoms with Crippen LogP contribution >= 0.6 is 0 Å². The number of hydrogen-bond acceptors (Lipinski definition) is 6. The van der Waals surface area contributed by atoms with Crippen LogP contribution in [0.25, 0.3) is 22.0 Å². The van der Waals surface area contributed by atoms with Gasteiger partial charge in [0.05, 0.1) is 6.26 Å². The Bertz CT molecular complexity index is 1900. The maximum Gasteiger partial charge on any atom is 0.243 e. The zero-order chi connectivity index (χ0) is 34.9. The highest BCUT2D eigenvalue weighted by atomic mass is 16.3. The first kappa shape index (κ1) is 34.2. The van der Waals surface area contributed by atoms with Gasteiger partial charge in [0.25, 0.3) is 0 Å². The molecule has 0 saturated carbocycles. The molecule has 1 fully saturated rings. The molecule has 258 valence electrons. The molecule has 2 aromatic heterocycles. The third-order valence-corrected chi connectivity index (χ3v) is 9.22. The first-order valence-corrected chi connectivity index (χ1v) is 17.0. The number of hydrogen-bond donors (Lipinski definition) is 6. The molecule has 7 N–H and O–H groups in total. The second-order valence-corrected chi connectivity index (χ2v) is 12.7. The number of para-hydroxylation sites is 1. The molecule has 4 amide bonds. The maximum absolute atomic E-state index is 14.2. The fraction of sp³-hybridized carbons (Fsp3) is 0.282. The van der Waals surface area contributed by atoms with Crippen molar-refractivity contribution in [1.29, 1.82) is 0 Å². The molecule has 3 atom stereocenters. The summed E-state index contributed by atoms with van der Waals surface area (Å²) in [5.41, 5.74) is 10.3. The van der Waals surface area contributed by atoms with Crippen LogP contribution in [-0.2, 0) is 38.4 Å². The molecule has 0 bridgehead atoms. The average molecular weight is 675 g/mol. The summed E-state index contributed by atoms with van der Waals surface area (Å²) in [6.07, 6.45) is 4.99. The Kier molecular flexibility index (Phi) is 11.0. The maximum atomic E-state index is 14.2. The Labute approximate surface area is 290 Å². The Morgan fingerprint density at radius 2 is 1.38 bits per heavy atom. The number of H-pyrrole nitrogens is 1. The Hall–Kier alpha value is -5.68. The molecule has 3 aromatic carbocycles. The van der Waals surface area contributed by atoms with Crippen LogP contribution in [0.1, 0.15) is 29.7 Å². The Morgan fingerprint density at radius 3 is 2.08 bits per heavy atom. The number of fused-ring (bicyclic) bond motifs is 1. The van der Waals surface area contributed by atoms with Crippen molar-refractivity contribution in [1.82, 2.24) is 26.3 Å². The summed E-state index contributed by atoms with van der Waals surface area (Å²) >= 11 is 0. The molecule has 5 aromatic rings. The van der Waals surface area contributed by atoms with Crippen LogP contribution < -0.4 is 27.0 Å². The van der Waals surface area contributed by atoms with Crippen molar-refractivity contribution in [3.05, 3.63) is 120 Å². The number of amides is 4. The Morgan fingerprint density at radius 1 is 0.720 bits per heavy atom. The van der Waals surface area contributed by atoms with Crippen LogP contribution in [0.5, 0.6) is 0 Å². The zero-order valence-corrected chi connectivity index (χ0v) is 27.7. The number of carbonyl (C=O) groups excluding carboxylic acids is 4. The van der Waals surface area contributed by atoms with E-state index >= 15 is 0 Å². The van der Waals surface area contributed by atoms with Gasteiger partial charge in [-0.25, -0.2) is 0 Å². The first-order chi connectivity index (χ1) is 24.3. The normalized spacial score (nSPS) is 15.1. The van der Waals surface area contributed by atoms with E-state index in [0.29, 0.717) is 18.6 Å².